The van der Waals surface area contributed by atoms with Gasteiger partial charge in [-0.15, -0.1) is 0 Å². The van der Waals surface area contributed by atoms with Crippen molar-refractivity contribution in [2.45, 2.75) is 6.04 Å². The minimum absolute atomic E-state index is 0.122. The van der Waals surface area contributed by atoms with Gasteiger partial charge in [-0.3, -0.25) is 4.79 Å². The van der Waals surface area contributed by atoms with Crippen molar-refractivity contribution in [1.82, 2.24) is 5.32 Å². The van der Waals surface area contributed by atoms with E-state index < -0.39 is 17.9 Å². The zero-order valence-corrected chi connectivity index (χ0v) is 14.2. The molecule has 2 N–H and O–H groups in total. The number of carboxylic acid groups (broad SMARTS) is 1. The van der Waals surface area contributed by atoms with Gasteiger partial charge >= 0.3 is 5.97 Å². The van der Waals surface area contributed by atoms with Gasteiger partial charge in [0.25, 0.3) is 5.91 Å². The summed E-state index contributed by atoms with van der Waals surface area (Å²) in [5, 5.41) is 12.5. The number of thioether (sulfide) groups is 2. The molecule has 0 heterocycles. The van der Waals surface area contributed by atoms with E-state index in [-0.39, 0.29) is 5.92 Å². The number of halogens is 1. The van der Waals surface area contributed by atoms with Crippen molar-refractivity contribution in [3.05, 3.63) is 34.9 Å². The summed E-state index contributed by atoms with van der Waals surface area (Å²) >= 11 is 8.92. The molecule has 1 atom stereocenters. The van der Waals surface area contributed by atoms with E-state index in [1.807, 2.05) is 12.5 Å². The van der Waals surface area contributed by atoms with E-state index in [4.69, 9.17) is 11.6 Å². The Balaban J connectivity index is 2.83. The van der Waals surface area contributed by atoms with E-state index in [2.05, 4.69) is 5.32 Å². The Morgan fingerprint density at radius 1 is 1.19 bits per heavy atom. The topological polar surface area (TPSA) is 66.4 Å². The highest BCUT2D eigenvalue weighted by atomic mass is 35.5. The van der Waals surface area contributed by atoms with Crippen LogP contribution in [0.5, 0.6) is 0 Å². The van der Waals surface area contributed by atoms with Crippen molar-refractivity contribution in [1.29, 1.82) is 0 Å². The number of rotatable bonds is 8. The summed E-state index contributed by atoms with van der Waals surface area (Å²) in [5.74, 6) is -0.169. The Morgan fingerprint density at radius 3 is 2.14 bits per heavy atom. The maximum atomic E-state index is 12.2. The molecule has 1 aromatic carbocycles. The van der Waals surface area contributed by atoms with Gasteiger partial charge in [-0.2, -0.15) is 23.5 Å². The van der Waals surface area contributed by atoms with Crippen molar-refractivity contribution in [2.24, 2.45) is 5.92 Å². The van der Waals surface area contributed by atoms with Gasteiger partial charge in [-0.1, -0.05) is 11.6 Å². The average molecular weight is 348 g/mol. The lowest BCUT2D eigenvalue weighted by Crippen LogP contribution is -2.47. The maximum Gasteiger partial charge on any atom is 0.326 e. The quantitative estimate of drug-likeness (QED) is 0.757. The van der Waals surface area contributed by atoms with Crippen LogP contribution in [-0.2, 0) is 4.79 Å². The zero-order chi connectivity index (χ0) is 15.8. The lowest BCUT2D eigenvalue weighted by Gasteiger charge is -2.23. The van der Waals surface area contributed by atoms with Crippen molar-refractivity contribution >= 4 is 47.0 Å². The standard InChI is InChI=1S/C14H18ClNO3S2/c1-20-7-10(8-21-2)12(14(18)19)16-13(17)9-3-5-11(15)6-4-9/h3-6,10,12H,7-8H2,1-2H3,(H,16,17)(H,18,19). The highest BCUT2D eigenvalue weighted by Crippen LogP contribution is 2.17. The van der Waals surface area contributed by atoms with Crippen LogP contribution in [0.4, 0.5) is 0 Å². The Bertz CT molecular complexity index is 476. The third-order valence-electron chi connectivity index (χ3n) is 2.89. The molecular formula is C14H18ClNO3S2. The number of benzene rings is 1. The monoisotopic (exact) mass is 347 g/mol. The van der Waals surface area contributed by atoms with Crippen LogP contribution in [0.15, 0.2) is 24.3 Å². The minimum Gasteiger partial charge on any atom is -0.480 e. The van der Waals surface area contributed by atoms with E-state index in [9.17, 15) is 14.7 Å². The molecule has 1 unspecified atom stereocenters. The van der Waals surface area contributed by atoms with Gasteiger partial charge in [0.1, 0.15) is 6.04 Å². The molecule has 4 nitrogen and oxygen atoms in total. The van der Waals surface area contributed by atoms with E-state index in [1.165, 1.54) is 0 Å². The van der Waals surface area contributed by atoms with E-state index in [1.54, 1.807) is 47.8 Å². The fourth-order valence-electron chi connectivity index (χ4n) is 1.88. The third-order valence-corrected chi connectivity index (χ3v) is 4.67. The molecule has 21 heavy (non-hydrogen) atoms. The Hall–Kier alpha value is -0.850. The SMILES string of the molecule is CSCC(CSC)C(NC(=O)c1ccc(Cl)cc1)C(=O)O. The molecule has 0 aliphatic rings. The number of aliphatic carboxylic acids is 1. The first-order valence-corrected chi connectivity index (χ1v) is 9.43. The van der Waals surface area contributed by atoms with Crippen molar-refractivity contribution < 1.29 is 14.7 Å². The summed E-state index contributed by atoms with van der Waals surface area (Å²) in [4.78, 5) is 23.6. The van der Waals surface area contributed by atoms with Crippen molar-refractivity contribution in [3.63, 3.8) is 0 Å². The molecule has 0 radical (unpaired) electrons. The predicted molar refractivity (Wildman–Crippen MR) is 90.6 cm³/mol. The van der Waals surface area contributed by atoms with Gasteiger partial charge < -0.3 is 10.4 Å². The van der Waals surface area contributed by atoms with Crippen molar-refractivity contribution in [2.75, 3.05) is 24.0 Å². The smallest absolute Gasteiger partial charge is 0.326 e. The summed E-state index contributed by atoms with van der Waals surface area (Å²) in [7, 11) is 0. The predicted octanol–water partition coefficient (Wildman–Crippen LogP) is 2.87. The van der Waals surface area contributed by atoms with Gasteiger partial charge in [0.05, 0.1) is 0 Å². The number of hydrogen-bond acceptors (Lipinski definition) is 4. The Kier molecular flexibility index (Phi) is 8.00. The summed E-state index contributed by atoms with van der Waals surface area (Å²) in [6, 6.07) is 5.47. The van der Waals surface area contributed by atoms with Crippen LogP contribution in [-0.4, -0.2) is 47.0 Å². The molecule has 1 aromatic rings. The van der Waals surface area contributed by atoms with E-state index in [0.717, 1.165) is 0 Å². The molecule has 0 aromatic heterocycles. The lowest BCUT2D eigenvalue weighted by molar-refractivity contribution is -0.140. The number of carbonyl (C=O) groups excluding carboxylic acids is 1. The van der Waals surface area contributed by atoms with Crippen LogP contribution in [0.25, 0.3) is 0 Å². The Labute approximate surface area is 138 Å². The molecule has 0 saturated heterocycles. The maximum absolute atomic E-state index is 12.2. The summed E-state index contributed by atoms with van der Waals surface area (Å²) in [6.45, 7) is 0. The molecule has 0 bridgehead atoms. The number of carboxylic acids is 1. The van der Waals surface area contributed by atoms with Gasteiger partial charge in [0.2, 0.25) is 0 Å². The molecule has 0 spiro atoms. The minimum atomic E-state index is -1.01. The molecule has 0 fully saturated rings. The van der Waals surface area contributed by atoms with Crippen LogP contribution in [0.2, 0.25) is 5.02 Å². The van der Waals surface area contributed by atoms with E-state index >= 15 is 0 Å². The second-order valence-electron chi connectivity index (χ2n) is 4.47. The largest absolute Gasteiger partial charge is 0.480 e. The first-order chi connectivity index (χ1) is 9.99. The fraction of sp³-hybridized carbons (Fsp3) is 0.429. The summed E-state index contributed by atoms with van der Waals surface area (Å²) < 4.78 is 0. The van der Waals surface area contributed by atoms with Gasteiger partial charge in [0, 0.05) is 16.5 Å². The summed E-state index contributed by atoms with van der Waals surface area (Å²) in [5.41, 5.74) is 0.401. The number of carbonyl (C=O) groups is 2. The molecule has 0 aliphatic carbocycles. The fourth-order valence-corrected chi connectivity index (χ4v) is 3.63. The van der Waals surface area contributed by atoms with Crippen LogP contribution in [0, 0.1) is 5.92 Å². The van der Waals surface area contributed by atoms with E-state index in [0.29, 0.717) is 22.1 Å². The zero-order valence-electron chi connectivity index (χ0n) is 11.8. The summed E-state index contributed by atoms with van der Waals surface area (Å²) in [6.07, 6.45) is 3.85. The van der Waals surface area contributed by atoms with Crippen LogP contribution in [0.1, 0.15) is 10.4 Å². The van der Waals surface area contributed by atoms with Crippen LogP contribution >= 0.6 is 35.1 Å². The molecule has 0 aliphatic heterocycles. The molecule has 7 heteroatoms. The highest BCUT2D eigenvalue weighted by Gasteiger charge is 2.29. The number of hydrogen-bond donors (Lipinski definition) is 2. The van der Waals surface area contributed by atoms with Gasteiger partial charge in [-0.05, 0) is 48.3 Å². The molecular weight excluding hydrogens is 330 g/mol. The second-order valence-corrected chi connectivity index (χ2v) is 6.72. The van der Waals surface area contributed by atoms with Gasteiger partial charge in [0.15, 0.2) is 0 Å². The van der Waals surface area contributed by atoms with Crippen LogP contribution < -0.4 is 5.32 Å². The lowest BCUT2D eigenvalue weighted by atomic mass is 10.0. The third kappa shape index (κ3) is 5.80. The number of nitrogens with one attached hydrogen (secondary N) is 1. The van der Waals surface area contributed by atoms with Crippen molar-refractivity contribution in [3.8, 4) is 0 Å². The number of amides is 1. The van der Waals surface area contributed by atoms with Gasteiger partial charge in [-0.25, -0.2) is 4.79 Å². The normalized spacial score (nSPS) is 12.2. The average Bonchev–Trinajstić information content (AvgIpc) is 2.45. The molecule has 0 saturated carbocycles. The molecule has 1 amide bonds. The molecule has 1 rings (SSSR count). The second kappa shape index (κ2) is 9.23. The highest BCUT2D eigenvalue weighted by molar-refractivity contribution is 7.99. The Morgan fingerprint density at radius 2 is 1.71 bits per heavy atom. The molecule has 116 valence electrons. The van der Waals surface area contributed by atoms with Crippen LogP contribution in [0.3, 0.4) is 0 Å². The first-order valence-electron chi connectivity index (χ1n) is 6.26. The first kappa shape index (κ1) is 18.2.